The molecule has 0 aliphatic carbocycles. The quantitative estimate of drug-likeness (QED) is 0.206. The number of nitrogens with zero attached hydrogens (tertiary/aromatic N) is 2. The number of hydrogen-bond donors (Lipinski definition) is 0. The molecule has 2 nitrogen and oxygen atoms in total. The zero-order chi connectivity index (χ0) is 26.2. The standard InChI is InChI=1S/C38H24N2/c1-2-11-27(12-3-1)40-34-16-8-6-14-30(34)31-22-23-36-37(38(31)40)32-15-7-9-17-35(32)39(36)28-21-20-26-19-18-25-10-4-5-13-29(25)33(26)24-28/h1-24H. The van der Waals surface area contributed by atoms with Crippen molar-refractivity contribution in [1.29, 1.82) is 0 Å². The first-order chi connectivity index (χ1) is 19.9. The van der Waals surface area contributed by atoms with Gasteiger partial charge in [-0.3, -0.25) is 0 Å². The van der Waals surface area contributed by atoms with Crippen LogP contribution in [0, 0.1) is 0 Å². The third kappa shape index (κ3) is 2.88. The summed E-state index contributed by atoms with van der Waals surface area (Å²) in [6, 6.07) is 53.0. The lowest BCUT2D eigenvalue weighted by Gasteiger charge is -2.11. The Morgan fingerprint density at radius 3 is 1.77 bits per heavy atom. The smallest absolute Gasteiger partial charge is 0.0641 e. The highest BCUT2D eigenvalue weighted by atomic mass is 15.0. The molecule has 0 fully saturated rings. The molecule has 0 N–H and O–H groups in total. The summed E-state index contributed by atoms with van der Waals surface area (Å²) >= 11 is 0. The first-order valence-corrected chi connectivity index (χ1v) is 13.8. The van der Waals surface area contributed by atoms with Crippen molar-refractivity contribution in [2.45, 2.75) is 0 Å². The van der Waals surface area contributed by atoms with Crippen LogP contribution in [0.1, 0.15) is 0 Å². The Morgan fingerprint density at radius 2 is 0.950 bits per heavy atom. The van der Waals surface area contributed by atoms with Crippen molar-refractivity contribution in [2.75, 3.05) is 0 Å². The van der Waals surface area contributed by atoms with E-state index in [-0.39, 0.29) is 0 Å². The van der Waals surface area contributed by atoms with E-state index in [0.717, 1.165) is 0 Å². The molecular formula is C38H24N2. The normalized spacial score (nSPS) is 12.0. The van der Waals surface area contributed by atoms with Crippen molar-refractivity contribution in [3.8, 4) is 11.4 Å². The Hall–Kier alpha value is -5.34. The van der Waals surface area contributed by atoms with E-state index in [4.69, 9.17) is 0 Å². The second kappa shape index (κ2) is 8.08. The van der Waals surface area contributed by atoms with Gasteiger partial charge in [-0.05, 0) is 64.0 Å². The summed E-state index contributed by atoms with van der Waals surface area (Å²) in [5.74, 6) is 0. The highest BCUT2D eigenvalue weighted by Gasteiger charge is 2.20. The molecule has 0 aliphatic rings. The monoisotopic (exact) mass is 508 g/mol. The maximum Gasteiger partial charge on any atom is 0.0641 e. The van der Waals surface area contributed by atoms with Crippen LogP contribution in [0.25, 0.3) is 76.5 Å². The number of para-hydroxylation sites is 3. The van der Waals surface area contributed by atoms with Crippen LogP contribution in [0.15, 0.2) is 146 Å². The fourth-order valence-electron chi connectivity index (χ4n) is 6.76. The van der Waals surface area contributed by atoms with Crippen LogP contribution in [0.4, 0.5) is 0 Å². The molecule has 9 aromatic rings. The number of benzene rings is 7. The molecule has 2 heterocycles. The van der Waals surface area contributed by atoms with E-state index in [0.29, 0.717) is 0 Å². The summed E-state index contributed by atoms with van der Waals surface area (Å²) in [6.07, 6.45) is 0. The highest BCUT2D eigenvalue weighted by Crippen LogP contribution is 2.42. The fraction of sp³-hybridized carbons (Fsp3) is 0. The molecular weight excluding hydrogens is 484 g/mol. The summed E-state index contributed by atoms with van der Waals surface area (Å²) < 4.78 is 4.88. The largest absolute Gasteiger partial charge is 0.309 e. The minimum Gasteiger partial charge on any atom is -0.309 e. The van der Waals surface area contributed by atoms with E-state index in [1.165, 1.54) is 76.5 Å². The second-order valence-electron chi connectivity index (χ2n) is 10.6. The lowest BCUT2D eigenvalue weighted by atomic mass is 10.0. The Bertz CT molecular complexity index is 2420. The first kappa shape index (κ1) is 21.6. The Labute approximate surface area is 230 Å². The predicted molar refractivity (Wildman–Crippen MR) is 170 cm³/mol. The van der Waals surface area contributed by atoms with Crippen LogP contribution in [-0.4, -0.2) is 9.13 Å². The van der Waals surface area contributed by atoms with Crippen LogP contribution in [0.3, 0.4) is 0 Å². The molecule has 0 aliphatic heterocycles. The summed E-state index contributed by atoms with van der Waals surface area (Å²) in [5.41, 5.74) is 7.27. The molecule has 0 radical (unpaired) electrons. The molecule has 0 spiro atoms. The van der Waals surface area contributed by atoms with E-state index in [2.05, 4.69) is 155 Å². The van der Waals surface area contributed by atoms with E-state index in [1.807, 2.05) is 0 Å². The lowest BCUT2D eigenvalue weighted by molar-refractivity contribution is 1.18. The van der Waals surface area contributed by atoms with Gasteiger partial charge in [0.05, 0.1) is 22.1 Å². The summed E-state index contributed by atoms with van der Waals surface area (Å²) in [5, 5.41) is 10.2. The summed E-state index contributed by atoms with van der Waals surface area (Å²) in [4.78, 5) is 0. The molecule has 0 saturated carbocycles. The van der Waals surface area contributed by atoms with Crippen molar-refractivity contribution in [1.82, 2.24) is 9.13 Å². The molecule has 7 aromatic carbocycles. The first-order valence-electron chi connectivity index (χ1n) is 13.8. The van der Waals surface area contributed by atoms with Gasteiger partial charge in [0.1, 0.15) is 0 Å². The molecule has 2 heteroatoms. The fourth-order valence-corrected chi connectivity index (χ4v) is 6.76. The SMILES string of the molecule is c1ccc(-n2c3ccccc3c3ccc4c(c5ccccc5n4-c4ccc5ccc6ccccc6c5c4)c32)cc1. The molecule has 186 valence electrons. The summed E-state index contributed by atoms with van der Waals surface area (Å²) in [7, 11) is 0. The molecule has 0 bridgehead atoms. The van der Waals surface area contributed by atoms with Crippen LogP contribution in [-0.2, 0) is 0 Å². The van der Waals surface area contributed by atoms with Crippen molar-refractivity contribution in [2.24, 2.45) is 0 Å². The zero-order valence-electron chi connectivity index (χ0n) is 21.8. The van der Waals surface area contributed by atoms with Gasteiger partial charge < -0.3 is 9.13 Å². The van der Waals surface area contributed by atoms with Gasteiger partial charge in [-0.15, -0.1) is 0 Å². The van der Waals surface area contributed by atoms with E-state index < -0.39 is 0 Å². The molecule has 9 rings (SSSR count). The van der Waals surface area contributed by atoms with Gasteiger partial charge in [0, 0.05) is 32.9 Å². The predicted octanol–water partition coefficient (Wildman–Crippen LogP) is 10.2. The van der Waals surface area contributed by atoms with E-state index >= 15 is 0 Å². The second-order valence-corrected chi connectivity index (χ2v) is 10.6. The topological polar surface area (TPSA) is 9.86 Å². The minimum absolute atomic E-state index is 1.18. The number of fused-ring (bicyclic) bond motifs is 10. The zero-order valence-corrected chi connectivity index (χ0v) is 21.8. The van der Waals surface area contributed by atoms with Gasteiger partial charge in [0.25, 0.3) is 0 Å². The highest BCUT2D eigenvalue weighted by molar-refractivity contribution is 6.26. The average Bonchev–Trinajstić information content (AvgIpc) is 3.54. The lowest BCUT2D eigenvalue weighted by Crippen LogP contribution is -1.95. The molecule has 0 amide bonds. The molecule has 2 aromatic heterocycles. The van der Waals surface area contributed by atoms with Crippen molar-refractivity contribution in [3.63, 3.8) is 0 Å². The Kier molecular flexibility index (Phi) is 4.36. The molecule has 40 heavy (non-hydrogen) atoms. The van der Waals surface area contributed by atoms with Crippen LogP contribution in [0.5, 0.6) is 0 Å². The maximum atomic E-state index is 2.44. The van der Waals surface area contributed by atoms with Gasteiger partial charge in [0.15, 0.2) is 0 Å². The molecule has 0 unspecified atom stereocenters. The minimum atomic E-state index is 1.18. The maximum absolute atomic E-state index is 2.44. The Morgan fingerprint density at radius 1 is 0.325 bits per heavy atom. The average molecular weight is 509 g/mol. The molecule has 0 saturated heterocycles. The number of rotatable bonds is 2. The van der Waals surface area contributed by atoms with Crippen molar-refractivity contribution >= 4 is 65.2 Å². The van der Waals surface area contributed by atoms with Crippen LogP contribution in [0.2, 0.25) is 0 Å². The van der Waals surface area contributed by atoms with Gasteiger partial charge in [0.2, 0.25) is 0 Å². The number of aromatic nitrogens is 2. The third-order valence-electron chi connectivity index (χ3n) is 8.47. The van der Waals surface area contributed by atoms with Gasteiger partial charge >= 0.3 is 0 Å². The Balaban J connectivity index is 1.47. The summed E-state index contributed by atoms with van der Waals surface area (Å²) in [6.45, 7) is 0. The van der Waals surface area contributed by atoms with Crippen LogP contribution >= 0.6 is 0 Å². The van der Waals surface area contributed by atoms with E-state index in [9.17, 15) is 0 Å². The van der Waals surface area contributed by atoms with Gasteiger partial charge in [-0.1, -0.05) is 103 Å². The van der Waals surface area contributed by atoms with Crippen LogP contribution < -0.4 is 0 Å². The van der Waals surface area contributed by atoms with E-state index in [1.54, 1.807) is 0 Å². The van der Waals surface area contributed by atoms with Gasteiger partial charge in [-0.25, -0.2) is 0 Å². The van der Waals surface area contributed by atoms with Crippen molar-refractivity contribution in [3.05, 3.63) is 146 Å². The molecule has 0 atom stereocenters. The van der Waals surface area contributed by atoms with Crippen molar-refractivity contribution < 1.29 is 0 Å². The van der Waals surface area contributed by atoms with Gasteiger partial charge in [-0.2, -0.15) is 0 Å². The number of hydrogen-bond acceptors (Lipinski definition) is 0. The third-order valence-corrected chi connectivity index (χ3v) is 8.47.